The molecule has 5 heteroatoms. The summed E-state index contributed by atoms with van der Waals surface area (Å²) in [5.74, 6) is 0.667. The van der Waals surface area contributed by atoms with E-state index in [4.69, 9.17) is 15.2 Å². The van der Waals surface area contributed by atoms with E-state index in [0.717, 1.165) is 11.4 Å². The fourth-order valence-electron chi connectivity index (χ4n) is 1.63. The number of carbonyl (C=O) groups is 1. The third kappa shape index (κ3) is 2.25. The molecule has 1 aromatic rings. The lowest BCUT2D eigenvalue weighted by Gasteiger charge is -2.38. The third-order valence-corrected chi connectivity index (χ3v) is 2.98. The van der Waals surface area contributed by atoms with Gasteiger partial charge in [0, 0.05) is 12.2 Å². The van der Waals surface area contributed by atoms with Crippen molar-refractivity contribution in [3.63, 3.8) is 0 Å². The Kier molecular flexibility index (Phi) is 3.31. The van der Waals surface area contributed by atoms with E-state index in [1.807, 2.05) is 0 Å². The highest BCUT2D eigenvalue weighted by Gasteiger charge is 2.44. The van der Waals surface area contributed by atoms with Crippen LogP contribution in [0.2, 0.25) is 0 Å². The van der Waals surface area contributed by atoms with Crippen molar-refractivity contribution >= 4 is 11.6 Å². The number of hydrogen-bond acceptors (Lipinski definition) is 4. The molecule has 0 atom stereocenters. The monoisotopic (exact) mass is 236 g/mol. The van der Waals surface area contributed by atoms with Gasteiger partial charge in [-0.25, -0.2) is 0 Å². The summed E-state index contributed by atoms with van der Waals surface area (Å²) in [7, 11) is 1.60. The molecule has 1 aliphatic heterocycles. The minimum atomic E-state index is -0.556. The predicted octanol–water partition coefficient (Wildman–Crippen LogP) is 0.609. The van der Waals surface area contributed by atoms with Gasteiger partial charge in [0.15, 0.2) is 0 Å². The number of anilines is 1. The topological polar surface area (TPSA) is 73.6 Å². The second-order valence-corrected chi connectivity index (χ2v) is 4.16. The quantitative estimate of drug-likeness (QED) is 0.803. The third-order valence-electron chi connectivity index (χ3n) is 2.98. The van der Waals surface area contributed by atoms with Crippen LogP contribution in [0.3, 0.4) is 0 Å². The van der Waals surface area contributed by atoms with Crippen molar-refractivity contribution in [2.24, 2.45) is 11.1 Å². The maximum Gasteiger partial charge on any atom is 0.236 e. The van der Waals surface area contributed by atoms with Gasteiger partial charge in [-0.3, -0.25) is 4.79 Å². The first-order chi connectivity index (χ1) is 8.20. The van der Waals surface area contributed by atoms with Gasteiger partial charge in [-0.1, -0.05) is 0 Å². The number of nitrogens with two attached hydrogens (primary N) is 1. The largest absolute Gasteiger partial charge is 0.497 e. The minimum absolute atomic E-state index is 0.0867. The lowest BCUT2D eigenvalue weighted by atomic mass is 9.85. The van der Waals surface area contributed by atoms with Crippen molar-refractivity contribution in [1.82, 2.24) is 0 Å². The Morgan fingerprint density at radius 3 is 2.53 bits per heavy atom. The van der Waals surface area contributed by atoms with Crippen LogP contribution in [0.25, 0.3) is 0 Å². The normalized spacial score (nSPS) is 17.1. The molecule has 0 bridgehead atoms. The number of amides is 1. The molecule has 0 radical (unpaired) electrons. The van der Waals surface area contributed by atoms with E-state index in [1.54, 1.807) is 31.4 Å². The number of ether oxygens (including phenoxy) is 2. The van der Waals surface area contributed by atoms with Crippen molar-refractivity contribution in [2.75, 3.05) is 32.2 Å². The first kappa shape index (κ1) is 11.9. The summed E-state index contributed by atoms with van der Waals surface area (Å²) in [6, 6.07) is 7.17. The summed E-state index contributed by atoms with van der Waals surface area (Å²) in [5, 5.41) is 2.83. The molecule has 0 spiro atoms. The molecule has 0 saturated carbocycles. The molecule has 2 rings (SSSR count). The maximum absolute atomic E-state index is 12.0. The average Bonchev–Trinajstić information content (AvgIpc) is 2.29. The molecule has 1 aliphatic rings. The molecule has 5 nitrogen and oxygen atoms in total. The van der Waals surface area contributed by atoms with Crippen LogP contribution < -0.4 is 15.8 Å². The van der Waals surface area contributed by atoms with E-state index < -0.39 is 5.41 Å². The molecule has 0 aromatic heterocycles. The zero-order valence-corrected chi connectivity index (χ0v) is 9.73. The van der Waals surface area contributed by atoms with Crippen molar-refractivity contribution in [3.05, 3.63) is 24.3 Å². The summed E-state index contributed by atoms with van der Waals surface area (Å²) in [5.41, 5.74) is 5.78. The summed E-state index contributed by atoms with van der Waals surface area (Å²) >= 11 is 0. The van der Waals surface area contributed by atoms with Crippen molar-refractivity contribution in [1.29, 1.82) is 0 Å². The van der Waals surface area contributed by atoms with E-state index in [9.17, 15) is 4.79 Å². The summed E-state index contributed by atoms with van der Waals surface area (Å²) in [6.07, 6.45) is 0. The van der Waals surface area contributed by atoms with Gasteiger partial charge in [0.25, 0.3) is 0 Å². The molecule has 1 amide bonds. The first-order valence-corrected chi connectivity index (χ1v) is 5.43. The smallest absolute Gasteiger partial charge is 0.236 e. The van der Waals surface area contributed by atoms with Gasteiger partial charge in [-0.2, -0.15) is 0 Å². The van der Waals surface area contributed by atoms with Crippen LogP contribution in [0.1, 0.15) is 0 Å². The van der Waals surface area contributed by atoms with E-state index in [1.165, 1.54) is 0 Å². The van der Waals surface area contributed by atoms with Gasteiger partial charge in [-0.15, -0.1) is 0 Å². The minimum Gasteiger partial charge on any atom is -0.497 e. The van der Waals surface area contributed by atoms with Crippen LogP contribution in [0.15, 0.2) is 24.3 Å². The van der Waals surface area contributed by atoms with Gasteiger partial charge in [0.1, 0.15) is 11.2 Å². The molecule has 0 unspecified atom stereocenters. The van der Waals surface area contributed by atoms with E-state index in [2.05, 4.69) is 5.32 Å². The van der Waals surface area contributed by atoms with Crippen LogP contribution in [-0.2, 0) is 9.53 Å². The molecule has 0 aliphatic carbocycles. The Morgan fingerprint density at radius 1 is 1.47 bits per heavy atom. The summed E-state index contributed by atoms with van der Waals surface area (Å²) < 4.78 is 10.1. The number of methoxy groups -OCH3 is 1. The second kappa shape index (κ2) is 4.73. The van der Waals surface area contributed by atoms with Crippen LogP contribution >= 0.6 is 0 Å². The van der Waals surface area contributed by atoms with Crippen LogP contribution in [0, 0.1) is 5.41 Å². The van der Waals surface area contributed by atoms with Crippen molar-refractivity contribution in [3.8, 4) is 5.75 Å². The summed E-state index contributed by atoms with van der Waals surface area (Å²) in [4.78, 5) is 12.0. The van der Waals surface area contributed by atoms with Crippen molar-refractivity contribution in [2.45, 2.75) is 0 Å². The Labute approximate surface area is 99.9 Å². The molecule has 3 N–H and O–H groups in total. The zero-order chi connectivity index (χ0) is 12.3. The molecule has 1 saturated heterocycles. The maximum atomic E-state index is 12.0. The predicted molar refractivity (Wildman–Crippen MR) is 63.9 cm³/mol. The number of carbonyl (C=O) groups excluding carboxylic acids is 1. The second-order valence-electron chi connectivity index (χ2n) is 4.16. The highest BCUT2D eigenvalue weighted by Crippen LogP contribution is 2.28. The average molecular weight is 236 g/mol. The van der Waals surface area contributed by atoms with Gasteiger partial charge in [0.05, 0.1) is 20.3 Å². The lowest BCUT2D eigenvalue weighted by Crippen LogP contribution is -2.56. The Balaban J connectivity index is 2.02. The lowest BCUT2D eigenvalue weighted by molar-refractivity contribution is -0.153. The van der Waals surface area contributed by atoms with Crippen LogP contribution in [-0.4, -0.2) is 32.8 Å². The van der Waals surface area contributed by atoms with Crippen molar-refractivity contribution < 1.29 is 14.3 Å². The number of benzene rings is 1. The van der Waals surface area contributed by atoms with E-state index in [0.29, 0.717) is 19.8 Å². The molecule has 92 valence electrons. The molecular weight excluding hydrogens is 220 g/mol. The van der Waals surface area contributed by atoms with Gasteiger partial charge in [-0.05, 0) is 24.3 Å². The fourth-order valence-corrected chi connectivity index (χ4v) is 1.63. The molecule has 17 heavy (non-hydrogen) atoms. The first-order valence-electron chi connectivity index (χ1n) is 5.43. The van der Waals surface area contributed by atoms with Gasteiger partial charge in [0.2, 0.25) is 5.91 Å². The zero-order valence-electron chi connectivity index (χ0n) is 9.73. The molecule has 1 heterocycles. The molecular formula is C12H16N2O3. The van der Waals surface area contributed by atoms with E-state index >= 15 is 0 Å². The Morgan fingerprint density at radius 2 is 2.12 bits per heavy atom. The fraction of sp³-hybridized carbons (Fsp3) is 0.417. The SMILES string of the molecule is COc1ccc(NC(=O)C2(CN)COC2)cc1. The summed E-state index contributed by atoms with van der Waals surface area (Å²) in [6.45, 7) is 1.09. The number of hydrogen-bond donors (Lipinski definition) is 2. The Bertz CT molecular complexity index is 393. The number of rotatable bonds is 4. The molecule has 1 aromatic carbocycles. The van der Waals surface area contributed by atoms with Gasteiger partial charge >= 0.3 is 0 Å². The highest BCUT2D eigenvalue weighted by atomic mass is 16.5. The standard InChI is InChI=1S/C12H16N2O3/c1-16-10-4-2-9(3-5-10)14-11(15)12(6-13)7-17-8-12/h2-5H,6-8,13H2,1H3,(H,14,15). The van der Waals surface area contributed by atoms with Crippen LogP contribution in [0.5, 0.6) is 5.75 Å². The highest BCUT2D eigenvalue weighted by molar-refractivity contribution is 5.96. The number of nitrogens with one attached hydrogen (secondary N) is 1. The molecule has 1 fully saturated rings. The Hall–Kier alpha value is -1.59. The van der Waals surface area contributed by atoms with Gasteiger partial charge < -0.3 is 20.5 Å². The van der Waals surface area contributed by atoms with E-state index in [-0.39, 0.29) is 5.91 Å². The van der Waals surface area contributed by atoms with Crippen LogP contribution in [0.4, 0.5) is 5.69 Å².